The molecule has 108 valence electrons. The predicted molar refractivity (Wildman–Crippen MR) is 80.7 cm³/mol. The number of aryl methyl sites for hydroxylation is 2. The van der Waals surface area contributed by atoms with Gasteiger partial charge in [0.2, 0.25) is 5.88 Å². The van der Waals surface area contributed by atoms with Gasteiger partial charge in [-0.1, -0.05) is 20.3 Å². The molecule has 3 nitrogen and oxygen atoms in total. The molecule has 0 fully saturated rings. The minimum absolute atomic E-state index is 0.226. The van der Waals surface area contributed by atoms with Crippen molar-refractivity contribution < 1.29 is 4.74 Å². The van der Waals surface area contributed by atoms with Gasteiger partial charge in [-0.05, 0) is 51.8 Å². The van der Waals surface area contributed by atoms with E-state index in [4.69, 9.17) is 4.74 Å². The summed E-state index contributed by atoms with van der Waals surface area (Å²) in [6, 6.07) is 2.13. The third-order valence-corrected chi connectivity index (χ3v) is 3.17. The molecule has 1 atom stereocenters. The second-order valence-corrected chi connectivity index (χ2v) is 5.26. The number of nitrogens with one attached hydrogen (secondary N) is 1. The summed E-state index contributed by atoms with van der Waals surface area (Å²) >= 11 is 0. The summed E-state index contributed by atoms with van der Waals surface area (Å²) in [5, 5.41) is 3.44. The van der Waals surface area contributed by atoms with Gasteiger partial charge in [-0.2, -0.15) is 0 Å². The van der Waals surface area contributed by atoms with Crippen LogP contribution in [0.15, 0.2) is 6.07 Å². The first-order valence-corrected chi connectivity index (χ1v) is 7.42. The molecule has 0 bridgehead atoms. The molecule has 1 N–H and O–H groups in total. The summed E-state index contributed by atoms with van der Waals surface area (Å²) in [6.07, 6.45) is 3.57. The number of ether oxygens (including phenoxy) is 1. The van der Waals surface area contributed by atoms with E-state index in [0.717, 1.165) is 43.9 Å². The molecule has 0 aliphatic rings. The second kappa shape index (κ2) is 8.16. The van der Waals surface area contributed by atoms with E-state index in [2.05, 4.69) is 44.1 Å². The lowest BCUT2D eigenvalue weighted by molar-refractivity contribution is 0.198. The fraction of sp³-hybridized carbons (Fsp3) is 0.688. The zero-order valence-corrected chi connectivity index (χ0v) is 13.0. The van der Waals surface area contributed by atoms with E-state index < -0.39 is 0 Å². The Morgan fingerprint density at radius 1 is 1.26 bits per heavy atom. The van der Waals surface area contributed by atoms with Gasteiger partial charge in [-0.25, -0.2) is 4.98 Å². The maximum atomic E-state index is 6.03. The van der Waals surface area contributed by atoms with Crippen LogP contribution in [0.1, 0.15) is 56.9 Å². The van der Waals surface area contributed by atoms with Crippen molar-refractivity contribution in [2.45, 2.75) is 66.5 Å². The number of aromatic nitrogens is 1. The number of pyridine rings is 1. The summed E-state index contributed by atoms with van der Waals surface area (Å²) < 4.78 is 6.03. The average molecular weight is 264 g/mol. The van der Waals surface area contributed by atoms with Crippen LogP contribution in [0.5, 0.6) is 5.88 Å². The molecular weight excluding hydrogens is 236 g/mol. The smallest absolute Gasteiger partial charge is 0.218 e. The lowest BCUT2D eigenvalue weighted by Gasteiger charge is -2.18. The van der Waals surface area contributed by atoms with Crippen LogP contribution >= 0.6 is 0 Å². The van der Waals surface area contributed by atoms with Crippen LogP contribution in [0.2, 0.25) is 0 Å². The Bertz CT molecular complexity index is 391. The van der Waals surface area contributed by atoms with Gasteiger partial charge in [0, 0.05) is 17.8 Å². The maximum Gasteiger partial charge on any atom is 0.218 e. The quantitative estimate of drug-likeness (QED) is 0.726. The van der Waals surface area contributed by atoms with Gasteiger partial charge in [-0.3, -0.25) is 0 Å². The summed E-state index contributed by atoms with van der Waals surface area (Å²) in [7, 11) is 0. The number of nitrogens with zero attached hydrogens (tertiary/aromatic N) is 1. The van der Waals surface area contributed by atoms with Crippen molar-refractivity contribution in [2.24, 2.45) is 0 Å². The van der Waals surface area contributed by atoms with Crippen molar-refractivity contribution in [1.82, 2.24) is 10.3 Å². The molecule has 0 aliphatic carbocycles. The van der Waals surface area contributed by atoms with Gasteiger partial charge in [-0.15, -0.1) is 0 Å². The summed E-state index contributed by atoms with van der Waals surface area (Å²) in [5.74, 6) is 0.807. The first-order valence-electron chi connectivity index (χ1n) is 7.42. The van der Waals surface area contributed by atoms with E-state index in [9.17, 15) is 0 Å². The molecule has 0 saturated carbocycles. The lowest BCUT2D eigenvalue weighted by atomic mass is 10.1. The van der Waals surface area contributed by atoms with Crippen molar-refractivity contribution in [3.05, 3.63) is 22.9 Å². The van der Waals surface area contributed by atoms with Gasteiger partial charge in [0.15, 0.2) is 0 Å². The van der Waals surface area contributed by atoms with Crippen molar-refractivity contribution in [2.75, 3.05) is 6.54 Å². The van der Waals surface area contributed by atoms with E-state index in [-0.39, 0.29) is 6.10 Å². The highest BCUT2D eigenvalue weighted by molar-refractivity contribution is 5.36. The molecule has 1 heterocycles. The molecule has 19 heavy (non-hydrogen) atoms. The van der Waals surface area contributed by atoms with Crippen LogP contribution in [0.3, 0.4) is 0 Å². The molecule has 1 rings (SSSR count). The Hall–Kier alpha value is -1.09. The largest absolute Gasteiger partial charge is 0.474 e. The highest BCUT2D eigenvalue weighted by Crippen LogP contribution is 2.22. The van der Waals surface area contributed by atoms with Crippen LogP contribution in [0.25, 0.3) is 0 Å². The maximum absolute atomic E-state index is 6.03. The molecule has 0 spiro atoms. The number of hydrogen-bond donors (Lipinski definition) is 1. The van der Waals surface area contributed by atoms with E-state index in [0.29, 0.717) is 0 Å². The van der Waals surface area contributed by atoms with Crippen LogP contribution in [0, 0.1) is 13.8 Å². The topological polar surface area (TPSA) is 34.2 Å². The molecule has 1 unspecified atom stereocenters. The Kier molecular flexibility index (Phi) is 6.85. The van der Waals surface area contributed by atoms with Gasteiger partial charge in [0.1, 0.15) is 0 Å². The highest BCUT2D eigenvalue weighted by Gasteiger charge is 2.12. The minimum Gasteiger partial charge on any atom is -0.474 e. The summed E-state index contributed by atoms with van der Waals surface area (Å²) in [4.78, 5) is 4.57. The molecular formula is C16H28N2O. The normalized spacial score (nSPS) is 12.5. The van der Waals surface area contributed by atoms with Crippen LogP contribution in [-0.2, 0) is 6.54 Å². The monoisotopic (exact) mass is 264 g/mol. The van der Waals surface area contributed by atoms with Crippen molar-refractivity contribution in [3.63, 3.8) is 0 Å². The SMILES string of the molecule is CCCNCc1c(C)cc(C)nc1OC(C)CCC. The molecule has 3 heteroatoms. The second-order valence-electron chi connectivity index (χ2n) is 5.26. The summed E-state index contributed by atoms with van der Waals surface area (Å²) in [5.41, 5.74) is 3.48. The highest BCUT2D eigenvalue weighted by atomic mass is 16.5. The van der Waals surface area contributed by atoms with Crippen LogP contribution in [-0.4, -0.2) is 17.6 Å². The standard InChI is InChI=1S/C16H28N2O/c1-6-8-14(5)19-16-15(11-17-9-7-2)12(3)10-13(4)18-16/h10,14,17H,6-9,11H2,1-5H3. The predicted octanol–water partition coefficient (Wildman–Crippen LogP) is 3.77. The van der Waals surface area contributed by atoms with E-state index in [1.807, 2.05) is 6.92 Å². The Morgan fingerprint density at radius 3 is 2.63 bits per heavy atom. The zero-order valence-electron chi connectivity index (χ0n) is 13.0. The Labute approximate surface area is 117 Å². The third kappa shape index (κ3) is 5.19. The minimum atomic E-state index is 0.226. The van der Waals surface area contributed by atoms with E-state index in [1.165, 1.54) is 11.1 Å². The molecule has 1 aromatic rings. The molecule has 0 saturated heterocycles. The molecule has 0 aliphatic heterocycles. The fourth-order valence-corrected chi connectivity index (χ4v) is 2.19. The third-order valence-electron chi connectivity index (χ3n) is 3.17. The van der Waals surface area contributed by atoms with Gasteiger partial charge < -0.3 is 10.1 Å². The Balaban J connectivity index is 2.86. The Morgan fingerprint density at radius 2 is 2.00 bits per heavy atom. The van der Waals surface area contributed by atoms with Crippen molar-refractivity contribution in [1.29, 1.82) is 0 Å². The molecule has 0 radical (unpaired) electrons. The van der Waals surface area contributed by atoms with Gasteiger partial charge >= 0.3 is 0 Å². The van der Waals surface area contributed by atoms with Gasteiger partial charge in [0.25, 0.3) is 0 Å². The van der Waals surface area contributed by atoms with E-state index in [1.54, 1.807) is 0 Å². The molecule has 1 aromatic heterocycles. The van der Waals surface area contributed by atoms with Crippen molar-refractivity contribution in [3.8, 4) is 5.88 Å². The number of rotatable bonds is 8. The fourth-order valence-electron chi connectivity index (χ4n) is 2.19. The first kappa shape index (κ1) is 16.0. The molecule has 0 amide bonds. The zero-order chi connectivity index (χ0) is 14.3. The van der Waals surface area contributed by atoms with E-state index >= 15 is 0 Å². The first-order chi connectivity index (χ1) is 9.08. The van der Waals surface area contributed by atoms with Crippen LogP contribution < -0.4 is 10.1 Å². The van der Waals surface area contributed by atoms with Crippen molar-refractivity contribution >= 4 is 0 Å². The average Bonchev–Trinajstić information content (AvgIpc) is 2.32. The van der Waals surface area contributed by atoms with Gasteiger partial charge in [0.05, 0.1) is 6.10 Å². The lowest BCUT2D eigenvalue weighted by Crippen LogP contribution is -2.19. The number of hydrogen-bond acceptors (Lipinski definition) is 3. The summed E-state index contributed by atoms with van der Waals surface area (Å²) in [6.45, 7) is 12.5. The van der Waals surface area contributed by atoms with Crippen LogP contribution in [0.4, 0.5) is 0 Å². The molecule has 0 aromatic carbocycles.